The number of benzene rings is 3. The molecular formula is C27H25BrN4O. The van der Waals surface area contributed by atoms with Crippen molar-refractivity contribution in [1.29, 1.82) is 0 Å². The highest BCUT2D eigenvalue weighted by atomic mass is 79.9. The van der Waals surface area contributed by atoms with Gasteiger partial charge >= 0.3 is 0 Å². The van der Waals surface area contributed by atoms with E-state index in [1.54, 1.807) is 0 Å². The first-order valence-electron chi connectivity index (χ1n) is 11.2. The summed E-state index contributed by atoms with van der Waals surface area (Å²) >= 11 is 3.50. The van der Waals surface area contributed by atoms with Crippen molar-refractivity contribution in [2.45, 2.75) is 19.8 Å². The number of aromatic nitrogens is 2. The van der Waals surface area contributed by atoms with E-state index in [0.717, 1.165) is 64.2 Å². The zero-order chi connectivity index (χ0) is 22.8. The lowest BCUT2D eigenvalue weighted by atomic mass is 9.96. The number of amides is 1. The zero-order valence-electron chi connectivity index (χ0n) is 18.5. The van der Waals surface area contributed by atoms with Crippen molar-refractivity contribution in [3.05, 3.63) is 82.8 Å². The van der Waals surface area contributed by atoms with Gasteiger partial charge < -0.3 is 10.2 Å². The quantitative estimate of drug-likeness (QED) is 0.361. The van der Waals surface area contributed by atoms with E-state index >= 15 is 0 Å². The van der Waals surface area contributed by atoms with Crippen LogP contribution < -0.4 is 10.2 Å². The Morgan fingerprint density at radius 3 is 2.45 bits per heavy atom. The maximum absolute atomic E-state index is 12.8. The molecule has 166 valence electrons. The van der Waals surface area contributed by atoms with Gasteiger partial charge in [-0.1, -0.05) is 54.1 Å². The fourth-order valence-electron chi connectivity index (χ4n) is 4.33. The summed E-state index contributed by atoms with van der Waals surface area (Å²) in [5, 5.41) is 4.12. The Labute approximate surface area is 202 Å². The Hall–Kier alpha value is -3.25. The number of carbonyl (C=O) groups is 1. The van der Waals surface area contributed by atoms with Crippen molar-refractivity contribution in [2.75, 3.05) is 23.3 Å². The maximum atomic E-state index is 12.8. The first kappa shape index (κ1) is 21.6. The third kappa shape index (κ3) is 4.62. The molecule has 5 rings (SSSR count). The molecule has 0 radical (unpaired) electrons. The van der Waals surface area contributed by atoms with E-state index < -0.39 is 0 Å². The molecule has 1 saturated heterocycles. The third-order valence-corrected chi connectivity index (χ3v) is 6.86. The molecule has 1 amide bonds. The number of hydrogen-bond acceptors (Lipinski definition) is 4. The number of hydrogen-bond donors (Lipinski definition) is 1. The van der Waals surface area contributed by atoms with Crippen molar-refractivity contribution < 1.29 is 4.79 Å². The van der Waals surface area contributed by atoms with E-state index in [9.17, 15) is 4.79 Å². The molecule has 6 heteroatoms. The molecule has 0 atom stereocenters. The number of anilines is 2. The molecule has 1 N–H and O–H groups in total. The van der Waals surface area contributed by atoms with Gasteiger partial charge in [-0.15, -0.1) is 0 Å². The minimum Gasteiger partial charge on any atom is -0.341 e. The monoisotopic (exact) mass is 500 g/mol. The van der Waals surface area contributed by atoms with E-state index in [-0.39, 0.29) is 11.8 Å². The summed E-state index contributed by atoms with van der Waals surface area (Å²) in [6.07, 6.45) is 1.54. The molecule has 5 nitrogen and oxygen atoms in total. The zero-order valence-corrected chi connectivity index (χ0v) is 20.0. The molecule has 2 heterocycles. The number of fused-ring (bicyclic) bond motifs is 1. The second kappa shape index (κ2) is 9.32. The van der Waals surface area contributed by atoms with Gasteiger partial charge in [0.1, 0.15) is 0 Å². The van der Waals surface area contributed by atoms with E-state index in [4.69, 9.17) is 9.97 Å². The highest BCUT2D eigenvalue weighted by Gasteiger charge is 2.27. The summed E-state index contributed by atoms with van der Waals surface area (Å²) in [7, 11) is 0. The third-order valence-electron chi connectivity index (χ3n) is 6.17. The molecule has 3 aromatic carbocycles. The largest absolute Gasteiger partial charge is 0.341 e. The van der Waals surface area contributed by atoms with Gasteiger partial charge in [0.2, 0.25) is 11.9 Å². The Morgan fingerprint density at radius 1 is 0.970 bits per heavy atom. The highest BCUT2D eigenvalue weighted by Crippen LogP contribution is 2.31. The number of nitrogens with zero attached hydrogens (tertiary/aromatic N) is 3. The fraction of sp³-hybridized carbons (Fsp3) is 0.222. The summed E-state index contributed by atoms with van der Waals surface area (Å²) < 4.78 is 0.893. The van der Waals surface area contributed by atoms with Crippen molar-refractivity contribution in [3.63, 3.8) is 0 Å². The summed E-state index contributed by atoms with van der Waals surface area (Å²) in [5.41, 5.74) is 4.98. The average Bonchev–Trinajstić information content (AvgIpc) is 2.85. The molecule has 1 fully saturated rings. The topological polar surface area (TPSA) is 58.1 Å². The molecular weight excluding hydrogens is 476 g/mol. The number of nitrogens with one attached hydrogen (secondary N) is 1. The number of aryl methyl sites for hydroxylation is 1. The fourth-order valence-corrected chi connectivity index (χ4v) is 4.71. The Balaban J connectivity index is 1.37. The summed E-state index contributed by atoms with van der Waals surface area (Å²) in [4.78, 5) is 24.9. The van der Waals surface area contributed by atoms with Gasteiger partial charge in [-0.3, -0.25) is 4.79 Å². The molecule has 0 bridgehead atoms. The molecule has 33 heavy (non-hydrogen) atoms. The van der Waals surface area contributed by atoms with E-state index in [2.05, 4.69) is 63.4 Å². The van der Waals surface area contributed by atoms with Gasteiger partial charge in [0.15, 0.2) is 0 Å². The van der Waals surface area contributed by atoms with Gasteiger partial charge in [0.25, 0.3) is 0 Å². The SMILES string of the molecule is Cc1ccc2nc(N3CCC(C(=O)Nc4ccccc4Br)CC3)nc(-c3ccccc3)c2c1. The summed E-state index contributed by atoms with van der Waals surface area (Å²) in [6.45, 7) is 3.59. The number of halogens is 1. The summed E-state index contributed by atoms with van der Waals surface area (Å²) in [6, 6.07) is 24.3. The van der Waals surface area contributed by atoms with Crippen LogP contribution in [0.4, 0.5) is 11.6 Å². The second-order valence-corrected chi connectivity index (χ2v) is 9.34. The van der Waals surface area contributed by atoms with Crippen molar-refractivity contribution in [1.82, 2.24) is 9.97 Å². The maximum Gasteiger partial charge on any atom is 0.227 e. The highest BCUT2D eigenvalue weighted by molar-refractivity contribution is 9.10. The lowest BCUT2D eigenvalue weighted by Crippen LogP contribution is -2.39. The van der Waals surface area contributed by atoms with Crippen LogP contribution in [-0.2, 0) is 4.79 Å². The van der Waals surface area contributed by atoms with Crippen LogP contribution >= 0.6 is 15.9 Å². The lowest BCUT2D eigenvalue weighted by Gasteiger charge is -2.31. The smallest absolute Gasteiger partial charge is 0.227 e. The summed E-state index contributed by atoms with van der Waals surface area (Å²) in [5.74, 6) is 0.779. The minimum atomic E-state index is -0.0231. The molecule has 4 aromatic rings. The number of carbonyl (C=O) groups excluding carboxylic acids is 1. The van der Waals surface area contributed by atoms with E-state index in [1.807, 2.05) is 42.5 Å². The van der Waals surface area contributed by atoms with Gasteiger partial charge in [-0.2, -0.15) is 0 Å². The van der Waals surface area contributed by atoms with Gasteiger partial charge in [0.05, 0.1) is 16.9 Å². The van der Waals surface area contributed by atoms with Crippen LogP contribution in [0.3, 0.4) is 0 Å². The number of para-hydroxylation sites is 1. The van der Waals surface area contributed by atoms with Gasteiger partial charge in [0, 0.05) is 34.4 Å². The molecule has 0 saturated carbocycles. The average molecular weight is 501 g/mol. The van der Waals surface area contributed by atoms with Crippen LogP contribution in [0.5, 0.6) is 0 Å². The molecule has 1 aromatic heterocycles. The minimum absolute atomic E-state index is 0.0231. The standard InChI is InChI=1S/C27H25BrN4O/c1-18-11-12-23-21(17-18)25(19-7-3-2-4-8-19)31-27(30-23)32-15-13-20(14-16-32)26(33)29-24-10-6-5-9-22(24)28/h2-12,17,20H,13-16H2,1H3,(H,29,33). The first-order chi connectivity index (χ1) is 16.1. The van der Waals surface area contributed by atoms with E-state index in [1.165, 1.54) is 5.56 Å². The Bertz CT molecular complexity index is 1300. The predicted octanol–water partition coefficient (Wildman–Crippen LogP) is 6.22. The Morgan fingerprint density at radius 2 is 1.70 bits per heavy atom. The van der Waals surface area contributed by atoms with Crippen LogP contribution in [0.2, 0.25) is 0 Å². The van der Waals surface area contributed by atoms with Crippen LogP contribution in [0, 0.1) is 12.8 Å². The van der Waals surface area contributed by atoms with Crippen LogP contribution in [-0.4, -0.2) is 29.0 Å². The Kier molecular flexibility index (Phi) is 6.09. The lowest BCUT2D eigenvalue weighted by molar-refractivity contribution is -0.120. The van der Waals surface area contributed by atoms with Gasteiger partial charge in [-0.25, -0.2) is 9.97 Å². The first-order valence-corrected chi connectivity index (χ1v) is 12.0. The van der Waals surface area contributed by atoms with Gasteiger partial charge in [-0.05, 0) is 60.0 Å². The molecule has 1 aliphatic rings. The van der Waals surface area contributed by atoms with Crippen molar-refractivity contribution in [2.24, 2.45) is 5.92 Å². The normalized spacial score (nSPS) is 14.4. The molecule has 1 aliphatic heterocycles. The van der Waals surface area contributed by atoms with Crippen molar-refractivity contribution in [3.8, 4) is 11.3 Å². The van der Waals surface area contributed by atoms with Crippen molar-refractivity contribution >= 4 is 44.4 Å². The number of piperidine rings is 1. The molecule has 0 aliphatic carbocycles. The van der Waals surface area contributed by atoms with Crippen LogP contribution in [0.1, 0.15) is 18.4 Å². The molecule has 0 spiro atoms. The molecule has 0 unspecified atom stereocenters. The number of rotatable bonds is 4. The van der Waals surface area contributed by atoms with E-state index in [0.29, 0.717) is 0 Å². The van der Waals surface area contributed by atoms with Crippen LogP contribution in [0.25, 0.3) is 22.2 Å². The predicted molar refractivity (Wildman–Crippen MR) is 137 cm³/mol. The van der Waals surface area contributed by atoms with Crippen LogP contribution in [0.15, 0.2) is 77.3 Å². The second-order valence-electron chi connectivity index (χ2n) is 8.49.